The van der Waals surface area contributed by atoms with E-state index in [0.29, 0.717) is 10.9 Å². The largest absolute Gasteiger partial charge is 0.384 e. The van der Waals surface area contributed by atoms with Crippen molar-refractivity contribution in [1.82, 2.24) is 14.5 Å². The van der Waals surface area contributed by atoms with Crippen LogP contribution in [-0.2, 0) is 11.8 Å². The number of hydrogen-bond acceptors (Lipinski definition) is 4. The van der Waals surface area contributed by atoms with E-state index < -0.39 is 0 Å². The number of hydrogen-bond donors (Lipinski definition) is 1. The van der Waals surface area contributed by atoms with Crippen LogP contribution in [0, 0.1) is 5.92 Å². The molecule has 0 amide bonds. The van der Waals surface area contributed by atoms with Gasteiger partial charge in [-0.3, -0.25) is 4.98 Å². The van der Waals surface area contributed by atoms with Crippen molar-refractivity contribution in [3.63, 3.8) is 0 Å². The van der Waals surface area contributed by atoms with Gasteiger partial charge in [-0.05, 0) is 18.6 Å². The summed E-state index contributed by atoms with van der Waals surface area (Å²) in [6.45, 7) is 1.59. The number of pyridine rings is 1. The minimum absolute atomic E-state index is 0.0363. The second kappa shape index (κ2) is 6.42. The number of nitrogens with one attached hydrogen (secondary N) is 1. The number of aromatic nitrogens is 3. The molecule has 1 aliphatic rings. The van der Waals surface area contributed by atoms with Crippen LogP contribution in [0.15, 0.2) is 42.9 Å². The van der Waals surface area contributed by atoms with E-state index in [9.17, 15) is 0 Å². The molecule has 0 unspecified atom stereocenters. The highest BCUT2D eigenvalue weighted by Gasteiger charge is 2.32. The van der Waals surface area contributed by atoms with Crippen LogP contribution in [0.2, 0.25) is 5.02 Å². The molecule has 2 atom stereocenters. The lowest BCUT2D eigenvalue weighted by atomic mass is 10.0. The van der Waals surface area contributed by atoms with Gasteiger partial charge in [-0.15, -0.1) is 0 Å². The Morgan fingerprint density at radius 3 is 3.04 bits per heavy atom. The maximum Gasteiger partial charge on any atom is 0.138 e. The number of anilines is 1. The van der Waals surface area contributed by atoms with Gasteiger partial charge < -0.3 is 14.6 Å². The standard InChI is InChI=1S/C18H19ClN4O/c1-23-9-8-21-18(23)17-12(6-10-24-17)11-22-15-5-7-20-16-13(15)3-2-4-14(16)19/h2-5,7-9,12,17H,6,10-11H2,1H3,(H,20,22)/t12-,17+/m0/s1. The summed E-state index contributed by atoms with van der Waals surface area (Å²) < 4.78 is 7.96. The van der Waals surface area contributed by atoms with Gasteiger partial charge in [0.15, 0.2) is 0 Å². The summed E-state index contributed by atoms with van der Waals surface area (Å²) in [6.07, 6.45) is 6.63. The van der Waals surface area contributed by atoms with Gasteiger partial charge >= 0.3 is 0 Å². The molecule has 124 valence electrons. The summed E-state index contributed by atoms with van der Waals surface area (Å²) >= 11 is 6.24. The minimum atomic E-state index is 0.0363. The highest BCUT2D eigenvalue weighted by atomic mass is 35.5. The molecule has 3 aromatic rings. The Hall–Kier alpha value is -2.11. The maximum atomic E-state index is 6.24. The highest BCUT2D eigenvalue weighted by molar-refractivity contribution is 6.35. The van der Waals surface area contributed by atoms with Crippen LogP contribution in [0.25, 0.3) is 10.9 Å². The van der Waals surface area contributed by atoms with E-state index in [1.165, 1.54) is 0 Å². The third-order valence-electron chi connectivity index (χ3n) is 4.60. The first-order valence-corrected chi connectivity index (χ1v) is 8.48. The molecule has 24 heavy (non-hydrogen) atoms. The molecule has 1 aromatic carbocycles. The molecule has 3 heterocycles. The first-order chi connectivity index (χ1) is 11.7. The Kier molecular flexibility index (Phi) is 4.12. The van der Waals surface area contributed by atoms with Gasteiger partial charge in [-0.25, -0.2) is 4.98 Å². The van der Waals surface area contributed by atoms with E-state index in [4.69, 9.17) is 16.3 Å². The summed E-state index contributed by atoms with van der Waals surface area (Å²) in [5, 5.41) is 5.26. The van der Waals surface area contributed by atoms with Crippen LogP contribution in [0.5, 0.6) is 0 Å². The molecular weight excluding hydrogens is 324 g/mol. The summed E-state index contributed by atoms with van der Waals surface area (Å²) in [7, 11) is 2.01. The average molecular weight is 343 g/mol. The molecule has 5 nitrogen and oxygen atoms in total. The van der Waals surface area contributed by atoms with Crippen LogP contribution in [0.4, 0.5) is 5.69 Å². The van der Waals surface area contributed by atoms with Crippen molar-refractivity contribution < 1.29 is 4.74 Å². The van der Waals surface area contributed by atoms with Crippen molar-refractivity contribution in [3.05, 3.63) is 53.7 Å². The van der Waals surface area contributed by atoms with Crippen LogP contribution in [0.3, 0.4) is 0 Å². The molecule has 4 rings (SSSR count). The quantitative estimate of drug-likeness (QED) is 0.783. The predicted molar refractivity (Wildman–Crippen MR) is 95.3 cm³/mol. The second-order valence-corrected chi connectivity index (χ2v) is 6.52. The van der Waals surface area contributed by atoms with Gasteiger partial charge in [0.2, 0.25) is 0 Å². The van der Waals surface area contributed by atoms with Crippen molar-refractivity contribution in [1.29, 1.82) is 0 Å². The first-order valence-electron chi connectivity index (χ1n) is 8.10. The Labute approximate surface area is 145 Å². The Balaban J connectivity index is 1.55. The van der Waals surface area contributed by atoms with Crippen LogP contribution in [0.1, 0.15) is 18.3 Å². The summed E-state index contributed by atoms with van der Waals surface area (Å²) in [6, 6.07) is 7.84. The monoisotopic (exact) mass is 342 g/mol. The fourth-order valence-corrected chi connectivity index (χ4v) is 3.54. The van der Waals surface area contributed by atoms with E-state index in [1.807, 2.05) is 48.3 Å². The fraction of sp³-hybridized carbons (Fsp3) is 0.333. The smallest absolute Gasteiger partial charge is 0.138 e. The van der Waals surface area contributed by atoms with E-state index in [0.717, 1.165) is 42.0 Å². The number of para-hydroxylation sites is 1. The molecule has 1 aliphatic heterocycles. The number of fused-ring (bicyclic) bond motifs is 1. The van der Waals surface area contributed by atoms with Crippen molar-refractivity contribution in [2.75, 3.05) is 18.5 Å². The molecule has 0 radical (unpaired) electrons. The summed E-state index contributed by atoms with van der Waals surface area (Å²) in [4.78, 5) is 8.83. The fourth-order valence-electron chi connectivity index (χ4n) is 3.31. The Morgan fingerprint density at radius 2 is 2.21 bits per heavy atom. The van der Waals surface area contributed by atoms with E-state index >= 15 is 0 Å². The van der Waals surface area contributed by atoms with Crippen LogP contribution >= 0.6 is 11.6 Å². The normalized spacial score (nSPS) is 20.6. The molecule has 1 N–H and O–H groups in total. The van der Waals surface area contributed by atoms with Gasteiger partial charge in [0.25, 0.3) is 0 Å². The van der Waals surface area contributed by atoms with Gasteiger partial charge in [0, 0.05) is 55.8 Å². The SMILES string of the molecule is Cn1ccnc1[C@@H]1OCC[C@H]1CNc1ccnc2c(Cl)cccc12. The molecule has 0 saturated carbocycles. The maximum absolute atomic E-state index is 6.24. The Bertz CT molecular complexity index is 863. The number of aryl methyl sites for hydroxylation is 1. The zero-order valence-corrected chi connectivity index (χ0v) is 14.2. The molecule has 0 aliphatic carbocycles. The number of imidazole rings is 1. The van der Waals surface area contributed by atoms with Crippen molar-refractivity contribution in [2.24, 2.45) is 13.0 Å². The molecule has 1 fully saturated rings. The number of benzene rings is 1. The van der Waals surface area contributed by atoms with Crippen LogP contribution in [-0.4, -0.2) is 27.7 Å². The molecular formula is C18H19ClN4O. The van der Waals surface area contributed by atoms with Crippen molar-refractivity contribution in [2.45, 2.75) is 12.5 Å². The number of nitrogens with zero attached hydrogens (tertiary/aromatic N) is 3. The van der Waals surface area contributed by atoms with Crippen molar-refractivity contribution >= 4 is 28.2 Å². The predicted octanol–water partition coefficient (Wildman–Crippen LogP) is 3.81. The lowest BCUT2D eigenvalue weighted by Gasteiger charge is -2.20. The van der Waals surface area contributed by atoms with E-state index in [-0.39, 0.29) is 6.10 Å². The van der Waals surface area contributed by atoms with Gasteiger partial charge in [0.1, 0.15) is 11.9 Å². The average Bonchev–Trinajstić information content (AvgIpc) is 3.21. The summed E-state index contributed by atoms with van der Waals surface area (Å²) in [5.74, 6) is 1.37. The second-order valence-electron chi connectivity index (χ2n) is 6.11. The number of ether oxygens (including phenoxy) is 1. The third-order valence-corrected chi connectivity index (χ3v) is 4.91. The highest BCUT2D eigenvalue weighted by Crippen LogP contribution is 2.34. The molecule has 6 heteroatoms. The van der Waals surface area contributed by atoms with Crippen LogP contribution < -0.4 is 5.32 Å². The van der Waals surface area contributed by atoms with E-state index in [1.54, 1.807) is 6.20 Å². The van der Waals surface area contributed by atoms with Gasteiger partial charge in [0.05, 0.1) is 10.5 Å². The first kappa shape index (κ1) is 15.4. The van der Waals surface area contributed by atoms with Crippen molar-refractivity contribution in [3.8, 4) is 0 Å². The Morgan fingerprint density at radius 1 is 1.29 bits per heavy atom. The zero-order valence-electron chi connectivity index (χ0n) is 13.4. The minimum Gasteiger partial charge on any atom is -0.384 e. The molecule has 1 saturated heterocycles. The lowest BCUT2D eigenvalue weighted by Crippen LogP contribution is -2.20. The lowest BCUT2D eigenvalue weighted by molar-refractivity contribution is 0.0839. The van der Waals surface area contributed by atoms with E-state index in [2.05, 4.69) is 15.3 Å². The van der Waals surface area contributed by atoms with Gasteiger partial charge in [-0.1, -0.05) is 23.7 Å². The number of rotatable bonds is 4. The third kappa shape index (κ3) is 2.74. The molecule has 2 aromatic heterocycles. The topological polar surface area (TPSA) is 52.0 Å². The molecule has 0 bridgehead atoms. The van der Waals surface area contributed by atoms with Gasteiger partial charge in [-0.2, -0.15) is 0 Å². The zero-order chi connectivity index (χ0) is 16.5. The number of halogens is 1. The molecule has 0 spiro atoms. The summed E-state index contributed by atoms with van der Waals surface area (Å²) in [5.41, 5.74) is 1.88.